The first-order valence-electron chi connectivity index (χ1n) is 7.54. The molecule has 1 aromatic heterocycles. The predicted molar refractivity (Wildman–Crippen MR) is 91.4 cm³/mol. The summed E-state index contributed by atoms with van der Waals surface area (Å²) in [6.07, 6.45) is 1.09. The number of aromatic nitrogens is 1. The van der Waals surface area contributed by atoms with Gasteiger partial charge in [-0.1, -0.05) is 60.4 Å². The summed E-state index contributed by atoms with van der Waals surface area (Å²) in [7, 11) is 1.03. The van der Waals surface area contributed by atoms with Crippen LogP contribution in [0.15, 0.2) is 60.6 Å². The maximum atomic E-state index is 4.84. The number of hydrogen-bond donors (Lipinski definition) is 0. The fraction of sp³-hybridized carbons (Fsp3) is 0.105. The molecule has 0 spiro atoms. The lowest BCUT2D eigenvalue weighted by atomic mass is 9.70. The van der Waals surface area contributed by atoms with Gasteiger partial charge in [-0.25, -0.2) is 4.98 Å². The molecule has 0 aliphatic carbocycles. The van der Waals surface area contributed by atoms with E-state index in [0.29, 0.717) is 0 Å². The van der Waals surface area contributed by atoms with Crippen molar-refractivity contribution < 1.29 is 0 Å². The average molecular weight is 269 g/mol. The van der Waals surface area contributed by atoms with Crippen LogP contribution in [0.3, 0.4) is 0 Å². The Labute approximate surface area is 125 Å². The Kier molecular flexibility index (Phi) is 2.89. The Morgan fingerprint density at radius 2 is 1.86 bits per heavy atom. The molecule has 0 radical (unpaired) electrons. The molecule has 2 aromatic carbocycles. The zero-order chi connectivity index (χ0) is 14.2. The minimum Gasteiger partial charge on any atom is -0.248 e. The summed E-state index contributed by atoms with van der Waals surface area (Å²) in [5.74, 6) is 2.32. The fourth-order valence-electron chi connectivity index (χ4n) is 3.23. The number of pyridine rings is 1. The van der Waals surface area contributed by atoms with E-state index in [1.807, 2.05) is 6.07 Å². The second-order valence-corrected chi connectivity index (χ2v) is 5.51. The van der Waals surface area contributed by atoms with Gasteiger partial charge in [0.2, 0.25) is 0 Å². The average Bonchev–Trinajstić information content (AvgIpc) is 2.98. The van der Waals surface area contributed by atoms with Gasteiger partial charge in [-0.05, 0) is 29.7 Å². The van der Waals surface area contributed by atoms with Crippen LogP contribution in [0.2, 0.25) is 0 Å². The van der Waals surface area contributed by atoms with Gasteiger partial charge in [-0.15, -0.1) is 5.98 Å². The molecule has 0 N–H and O–H groups in total. The molecule has 0 atom stereocenters. The Balaban J connectivity index is 1.85. The summed E-state index contributed by atoms with van der Waals surface area (Å²) in [6.45, 7) is 2.22. The summed E-state index contributed by atoms with van der Waals surface area (Å²) >= 11 is 0. The summed E-state index contributed by atoms with van der Waals surface area (Å²) in [6, 6.07) is 19.2. The molecular formula is C19H16BN. The van der Waals surface area contributed by atoms with Crippen LogP contribution in [0.5, 0.6) is 0 Å². The van der Waals surface area contributed by atoms with Gasteiger partial charge in [0.25, 0.3) is 0 Å². The van der Waals surface area contributed by atoms with E-state index in [1.165, 1.54) is 27.5 Å². The van der Waals surface area contributed by atoms with Crippen LogP contribution < -0.4 is 5.46 Å². The van der Waals surface area contributed by atoms with Crippen molar-refractivity contribution in [3.63, 3.8) is 0 Å². The van der Waals surface area contributed by atoms with Gasteiger partial charge in [0.1, 0.15) is 0 Å². The molecule has 3 aromatic rings. The summed E-state index contributed by atoms with van der Waals surface area (Å²) < 4.78 is 0. The molecule has 0 fully saturated rings. The molecule has 4 rings (SSSR count). The number of para-hydroxylation sites is 1. The van der Waals surface area contributed by atoms with Gasteiger partial charge < -0.3 is 0 Å². The lowest BCUT2D eigenvalue weighted by molar-refractivity contribution is 1.15. The fourth-order valence-corrected chi connectivity index (χ4v) is 3.23. The van der Waals surface area contributed by atoms with E-state index in [0.717, 1.165) is 24.9 Å². The van der Waals surface area contributed by atoms with Crippen LogP contribution in [-0.4, -0.2) is 12.3 Å². The topological polar surface area (TPSA) is 12.9 Å². The van der Waals surface area contributed by atoms with E-state index < -0.39 is 0 Å². The maximum Gasteiger partial charge on any atom is 0.185 e. The van der Waals surface area contributed by atoms with E-state index in [2.05, 4.69) is 61.4 Å². The van der Waals surface area contributed by atoms with E-state index in [9.17, 15) is 0 Å². The molecule has 2 heterocycles. The number of fused-ring (bicyclic) bond motifs is 2. The molecular weight excluding hydrogens is 253 g/mol. The van der Waals surface area contributed by atoms with Gasteiger partial charge >= 0.3 is 0 Å². The zero-order valence-electron chi connectivity index (χ0n) is 12.1. The van der Waals surface area contributed by atoms with E-state index in [4.69, 9.17) is 4.98 Å². The molecule has 21 heavy (non-hydrogen) atoms. The lowest BCUT2D eigenvalue weighted by Gasteiger charge is -2.10. The van der Waals surface area contributed by atoms with Gasteiger partial charge in [-0.2, -0.15) is 0 Å². The number of rotatable bonds is 2. The first kappa shape index (κ1) is 12.4. The highest BCUT2D eigenvalue weighted by atomic mass is 14.7. The van der Waals surface area contributed by atoms with Crippen LogP contribution in [0, 0.1) is 0 Å². The highest BCUT2D eigenvalue weighted by Crippen LogP contribution is 2.26. The van der Waals surface area contributed by atoms with Crippen molar-refractivity contribution in [2.45, 2.75) is 13.3 Å². The van der Waals surface area contributed by atoms with E-state index >= 15 is 0 Å². The summed E-state index contributed by atoms with van der Waals surface area (Å²) in [5, 5.41) is 1.20. The molecule has 0 amide bonds. The first-order chi connectivity index (χ1) is 10.4. The normalized spacial score (nSPS) is 12.9. The van der Waals surface area contributed by atoms with Gasteiger partial charge in [0.15, 0.2) is 7.28 Å². The molecule has 2 heteroatoms. The third kappa shape index (κ3) is 1.99. The zero-order valence-corrected chi connectivity index (χ0v) is 12.1. The van der Waals surface area contributed by atoms with Crippen molar-refractivity contribution in [1.82, 2.24) is 4.98 Å². The molecule has 0 unspecified atom stereocenters. The van der Waals surface area contributed by atoms with Crippen LogP contribution in [-0.2, 0) is 6.42 Å². The molecule has 100 valence electrons. The molecule has 1 aliphatic rings. The van der Waals surface area contributed by atoms with Crippen LogP contribution in [0.4, 0.5) is 0 Å². The second kappa shape index (κ2) is 4.89. The van der Waals surface area contributed by atoms with Crippen LogP contribution >= 0.6 is 0 Å². The largest absolute Gasteiger partial charge is 0.248 e. The van der Waals surface area contributed by atoms with Gasteiger partial charge in [-0.3, -0.25) is 0 Å². The number of aryl methyl sites for hydroxylation is 1. The summed E-state index contributed by atoms with van der Waals surface area (Å²) in [4.78, 5) is 4.84. The highest BCUT2D eigenvalue weighted by molar-refractivity contribution is 6.64. The van der Waals surface area contributed by atoms with Crippen molar-refractivity contribution in [2.75, 3.05) is 0 Å². The molecule has 0 saturated heterocycles. The minimum absolute atomic E-state index is 1.03. The quantitative estimate of drug-likeness (QED) is 0.651. The predicted octanol–water partition coefficient (Wildman–Crippen LogP) is 3.26. The Bertz CT molecular complexity index is 864. The van der Waals surface area contributed by atoms with Crippen molar-refractivity contribution in [3.05, 3.63) is 77.4 Å². The van der Waals surface area contributed by atoms with Crippen molar-refractivity contribution in [1.29, 1.82) is 0 Å². The second-order valence-electron chi connectivity index (χ2n) is 5.51. The standard InChI is InChI=1S/C19H16BN/c1-2-13-7-5-8-15-16(12-20-19(13)15)18-11-10-14-6-3-4-9-17(14)21-18/h3-12,20H,2H2,1H3. The molecule has 0 bridgehead atoms. The Hall–Kier alpha value is -2.35. The van der Waals surface area contributed by atoms with Crippen molar-refractivity contribution >= 4 is 29.2 Å². The highest BCUT2D eigenvalue weighted by Gasteiger charge is 2.19. The Morgan fingerprint density at radius 3 is 2.76 bits per heavy atom. The van der Waals surface area contributed by atoms with Crippen LogP contribution in [0.25, 0.3) is 16.5 Å². The minimum atomic E-state index is 1.03. The maximum absolute atomic E-state index is 4.84. The monoisotopic (exact) mass is 269 g/mol. The van der Waals surface area contributed by atoms with E-state index in [1.54, 1.807) is 0 Å². The van der Waals surface area contributed by atoms with E-state index in [-0.39, 0.29) is 0 Å². The number of nitrogens with zero attached hydrogens (tertiary/aromatic N) is 1. The summed E-state index contributed by atoms with van der Waals surface area (Å²) in [5.41, 5.74) is 7.73. The lowest BCUT2D eigenvalue weighted by Crippen LogP contribution is -2.17. The van der Waals surface area contributed by atoms with Crippen LogP contribution in [0.1, 0.15) is 23.7 Å². The SMILES string of the molecule is CCc1cccc2c1BC=C2c1ccc2ccccc2n1. The van der Waals surface area contributed by atoms with Gasteiger partial charge in [0, 0.05) is 5.39 Å². The molecule has 1 nitrogen and oxygen atoms in total. The smallest absolute Gasteiger partial charge is 0.185 e. The Morgan fingerprint density at radius 1 is 0.952 bits per heavy atom. The van der Waals surface area contributed by atoms with Crippen molar-refractivity contribution in [3.8, 4) is 0 Å². The third-order valence-electron chi connectivity index (χ3n) is 4.33. The molecule has 1 aliphatic heterocycles. The van der Waals surface area contributed by atoms with Crippen molar-refractivity contribution in [2.24, 2.45) is 0 Å². The number of hydrogen-bond acceptors (Lipinski definition) is 1. The third-order valence-corrected chi connectivity index (χ3v) is 4.33. The number of benzene rings is 2. The van der Waals surface area contributed by atoms with Gasteiger partial charge in [0.05, 0.1) is 11.2 Å². The molecule has 0 saturated carbocycles. The first-order valence-corrected chi connectivity index (χ1v) is 7.54.